The first-order chi connectivity index (χ1) is 14.9. The van der Waals surface area contributed by atoms with E-state index in [2.05, 4.69) is 10.6 Å². The van der Waals surface area contributed by atoms with E-state index in [0.717, 1.165) is 49.0 Å². The highest BCUT2D eigenvalue weighted by atomic mass is 35.5. The molecule has 1 aliphatic rings. The topological polar surface area (TPSA) is 87.7 Å². The number of carbonyl (C=O) groups is 2. The summed E-state index contributed by atoms with van der Waals surface area (Å²) < 4.78 is 5.84. The lowest BCUT2D eigenvalue weighted by Crippen LogP contribution is -2.59. The van der Waals surface area contributed by atoms with Gasteiger partial charge >= 0.3 is 5.97 Å². The van der Waals surface area contributed by atoms with Crippen LogP contribution in [0.15, 0.2) is 48.5 Å². The van der Waals surface area contributed by atoms with Crippen LogP contribution in [0.3, 0.4) is 0 Å². The fourth-order valence-electron chi connectivity index (χ4n) is 4.14. The molecule has 174 valence electrons. The van der Waals surface area contributed by atoms with E-state index in [9.17, 15) is 9.59 Å². The lowest BCUT2D eigenvalue weighted by molar-refractivity contribution is -0.129. The number of aromatic carboxylic acids is 1. The fourth-order valence-corrected chi connectivity index (χ4v) is 4.14. The summed E-state index contributed by atoms with van der Waals surface area (Å²) in [7, 11) is 0. The average molecular weight is 461 g/mol. The summed E-state index contributed by atoms with van der Waals surface area (Å²) in [5.41, 5.74) is 1.68. The molecule has 1 aliphatic carbocycles. The van der Waals surface area contributed by atoms with Crippen molar-refractivity contribution in [3.8, 4) is 5.75 Å². The van der Waals surface area contributed by atoms with Gasteiger partial charge in [0.05, 0.1) is 17.1 Å². The minimum absolute atomic E-state index is 0. The zero-order chi connectivity index (χ0) is 22.3. The van der Waals surface area contributed by atoms with Crippen molar-refractivity contribution in [2.24, 2.45) is 0 Å². The van der Waals surface area contributed by atoms with Gasteiger partial charge in [-0.2, -0.15) is 0 Å². The summed E-state index contributed by atoms with van der Waals surface area (Å²) in [4.78, 5) is 24.3. The van der Waals surface area contributed by atoms with Crippen LogP contribution in [0.2, 0.25) is 0 Å². The molecule has 0 bridgehead atoms. The minimum Gasteiger partial charge on any atom is -0.492 e. The van der Waals surface area contributed by atoms with Crippen molar-refractivity contribution in [2.45, 2.75) is 57.5 Å². The zero-order valence-corrected chi connectivity index (χ0v) is 19.5. The Bertz CT molecular complexity index is 895. The second-order valence-electron chi connectivity index (χ2n) is 8.36. The third kappa shape index (κ3) is 6.71. The second-order valence-corrected chi connectivity index (χ2v) is 8.36. The van der Waals surface area contributed by atoms with Crippen LogP contribution >= 0.6 is 12.4 Å². The zero-order valence-electron chi connectivity index (χ0n) is 18.7. The normalized spacial score (nSPS) is 15.8. The first-order valence-corrected chi connectivity index (χ1v) is 11.0. The monoisotopic (exact) mass is 460 g/mol. The summed E-state index contributed by atoms with van der Waals surface area (Å²) in [5, 5.41) is 15.7. The maximum atomic E-state index is 13.3. The summed E-state index contributed by atoms with van der Waals surface area (Å²) in [6.07, 6.45) is 4.77. The van der Waals surface area contributed by atoms with Crippen LogP contribution in [0, 0.1) is 6.92 Å². The predicted molar refractivity (Wildman–Crippen MR) is 128 cm³/mol. The van der Waals surface area contributed by atoms with E-state index < -0.39 is 11.5 Å². The van der Waals surface area contributed by atoms with E-state index in [1.54, 1.807) is 24.3 Å². The third-order valence-corrected chi connectivity index (χ3v) is 5.97. The molecule has 1 saturated carbocycles. The number of rotatable bonds is 9. The standard InChI is InChI=1S/C25H32N2O4.ClH/c1-18-7-6-8-22(17-18)31-16-15-26-25(13-4-3-5-14-25)24(30)27-19(2)20-9-11-21(12-10-20)23(28)29;/h6-12,17,19,26H,3-5,13-16H2,1-2H3,(H,27,30)(H,28,29);1H/t19-;/m0./s1. The van der Waals surface area contributed by atoms with Crippen molar-refractivity contribution in [1.29, 1.82) is 0 Å². The Morgan fingerprint density at radius 1 is 1.09 bits per heavy atom. The fraction of sp³-hybridized carbons (Fsp3) is 0.440. The molecule has 6 nitrogen and oxygen atoms in total. The van der Waals surface area contributed by atoms with Gasteiger partial charge in [0.1, 0.15) is 12.4 Å². The number of carboxylic acid groups (broad SMARTS) is 1. The van der Waals surface area contributed by atoms with Crippen molar-refractivity contribution >= 4 is 24.3 Å². The molecule has 0 saturated heterocycles. The first-order valence-electron chi connectivity index (χ1n) is 11.0. The Morgan fingerprint density at radius 3 is 2.41 bits per heavy atom. The van der Waals surface area contributed by atoms with Gasteiger partial charge in [-0.05, 0) is 62.1 Å². The Kier molecular flexibility index (Phi) is 9.54. The van der Waals surface area contributed by atoms with Gasteiger partial charge in [0.25, 0.3) is 0 Å². The molecule has 0 aromatic heterocycles. The number of benzene rings is 2. The van der Waals surface area contributed by atoms with Crippen molar-refractivity contribution in [3.63, 3.8) is 0 Å². The lowest BCUT2D eigenvalue weighted by Gasteiger charge is -2.37. The number of ether oxygens (including phenoxy) is 1. The van der Waals surface area contributed by atoms with E-state index >= 15 is 0 Å². The number of hydrogen-bond acceptors (Lipinski definition) is 4. The third-order valence-electron chi connectivity index (χ3n) is 5.97. The van der Waals surface area contributed by atoms with Crippen LogP contribution in [0.5, 0.6) is 5.75 Å². The quantitative estimate of drug-likeness (QED) is 0.473. The first kappa shape index (κ1) is 25.7. The Balaban J connectivity index is 0.00000363. The van der Waals surface area contributed by atoms with E-state index in [1.807, 2.05) is 38.1 Å². The minimum atomic E-state index is -0.957. The van der Waals surface area contributed by atoms with E-state index in [-0.39, 0.29) is 29.9 Å². The van der Waals surface area contributed by atoms with Crippen LogP contribution in [0.25, 0.3) is 0 Å². The second kappa shape index (κ2) is 11.9. The molecule has 1 fully saturated rings. The lowest BCUT2D eigenvalue weighted by atomic mass is 9.80. The highest BCUT2D eigenvalue weighted by Crippen LogP contribution is 2.29. The SMILES string of the molecule is Cc1cccc(OCCNC2(C(=O)N[C@@H](C)c3ccc(C(=O)O)cc3)CCCCC2)c1.Cl. The molecular weight excluding hydrogens is 428 g/mol. The number of nitrogens with one attached hydrogen (secondary N) is 2. The van der Waals surface area contributed by atoms with Crippen LogP contribution in [0.1, 0.15) is 66.6 Å². The largest absolute Gasteiger partial charge is 0.492 e. The van der Waals surface area contributed by atoms with E-state index in [0.29, 0.717) is 13.2 Å². The molecule has 2 aromatic carbocycles. The summed E-state index contributed by atoms with van der Waals surface area (Å²) in [6.45, 7) is 5.03. The number of amides is 1. The Labute approximate surface area is 196 Å². The van der Waals surface area contributed by atoms with Crippen molar-refractivity contribution in [3.05, 3.63) is 65.2 Å². The molecule has 1 amide bonds. The summed E-state index contributed by atoms with van der Waals surface area (Å²) in [6, 6.07) is 14.4. The molecule has 0 unspecified atom stereocenters. The number of aryl methyl sites for hydroxylation is 1. The van der Waals surface area contributed by atoms with E-state index in [1.165, 1.54) is 0 Å². The van der Waals surface area contributed by atoms with Gasteiger partial charge in [-0.1, -0.05) is 43.5 Å². The maximum Gasteiger partial charge on any atom is 0.335 e. The maximum absolute atomic E-state index is 13.3. The van der Waals surface area contributed by atoms with Gasteiger partial charge in [-0.3, -0.25) is 10.1 Å². The van der Waals surface area contributed by atoms with Gasteiger partial charge < -0.3 is 15.2 Å². The summed E-state index contributed by atoms with van der Waals surface area (Å²) >= 11 is 0. The number of carboxylic acids is 1. The number of carbonyl (C=O) groups excluding carboxylic acids is 1. The molecular formula is C25H33ClN2O4. The molecule has 1 atom stereocenters. The van der Waals surface area contributed by atoms with E-state index in [4.69, 9.17) is 9.84 Å². The molecule has 3 rings (SSSR count). The summed E-state index contributed by atoms with van der Waals surface area (Å²) in [5.74, 6) is -0.124. The average Bonchev–Trinajstić information content (AvgIpc) is 2.77. The number of halogens is 1. The van der Waals surface area contributed by atoms with Crippen LogP contribution in [-0.4, -0.2) is 35.7 Å². The van der Waals surface area contributed by atoms with Gasteiger partial charge in [0, 0.05) is 6.54 Å². The smallest absolute Gasteiger partial charge is 0.335 e. The Hall–Kier alpha value is -2.57. The molecule has 32 heavy (non-hydrogen) atoms. The van der Waals surface area contributed by atoms with Gasteiger partial charge in [0.15, 0.2) is 0 Å². The number of hydrogen-bond donors (Lipinski definition) is 3. The molecule has 3 N–H and O–H groups in total. The van der Waals surface area contributed by atoms with Gasteiger partial charge in [-0.15, -0.1) is 12.4 Å². The molecule has 0 aliphatic heterocycles. The Morgan fingerprint density at radius 2 is 1.78 bits per heavy atom. The van der Waals surface area contributed by atoms with Crippen LogP contribution in [-0.2, 0) is 4.79 Å². The molecule has 7 heteroatoms. The van der Waals surface area contributed by atoms with Crippen molar-refractivity contribution in [1.82, 2.24) is 10.6 Å². The molecule has 0 radical (unpaired) electrons. The van der Waals surface area contributed by atoms with Crippen LogP contribution in [0.4, 0.5) is 0 Å². The van der Waals surface area contributed by atoms with Crippen LogP contribution < -0.4 is 15.4 Å². The predicted octanol–water partition coefficient (Wildman–Crippen LogP) is 4.66. The molecule has 0 heterocycles. The van der Waals surface area contributed by atoms with Gasteiger partial charge in [-0.25, -0.2) is 4.79 Å². The van der Waals surface area contributed by atoms with Crippen molar-refractivity contribution < 1.29 is 19.4 Å². The highest BCUT2D eigenvalue weighted by molar-refractivity contribution is 5.88. The van der Waals surface area contributed by atoms with Gasteiger partial charge in [0.2, 0.25) is 5.91 Å². The molecule has 0 spiro atoms. The molecule has 2 aromatic rings. The highest BCUT2D eigenvalue weighted by Gasteiger charge is 2.39. The van der Waals surface area contributed by atoms with Crippen molar-refractivity contribution in [2.75, 3.05) is 13.2 Å².